The number of hydrogen-bond acceptors (Lipinski definition) is 15. The standard InChI is InChI=1S/C50H78N16O12/c1-7-27(4)40(48(77)56-16-14-31-21-54-24-58-31)65-46(75)35(18-30-10-12-33(69)13-11-30)62-45(74)37(20-39(51)70)63-43(72)34(9-8-15-57-50(52)53)60-49(78)41(29(6)68)66-47(76)38(23-67)64-44(73)36(19-32-22-55-25-59-32)61-42(71)28(5)17-26(2)3/h10-13,21-22,24-29,34-38,40-41,67-69H,7-9,14-20,23H2,1-6H3,(H2,51,70)(H,54,58)(H,55,59)(H,56,77)(H,60,78)(H,61,71)(H,62,74)(H,63,72)(H,64,73)(H,65,75)(H,66,76)(H4,52,53,57). The monoisotopic (exact) mass is 1090 g/mol. The zero-order valence-electron chi connectivity index (χ0n) is 44.8. The molecule has 28 nitrogen and oxygen atoms in total. The summed E-state index contributed by atoms with van der Waals surface area (Å²) in [5, 5.41) is 51.3. The van der Waals surface area contributed by atoms with Crippen LogP contribution in [0.15, 0.2) is 54.3 Å². The topological polar surface area (TPSA) is 458 Å². The Morgan fingerprint density at radius 2 is 1.17 bits per heavy atom. The highest BCUT2D eigenvalue weighted by atomic mass is 16.3. The zero-order valence-corrected chi connectivity index (χ0v) is 44.8. The van der Waals surface area contributed by atoms with Gasteiger partial charge in [-0.2, -0.15) is 0 Å². The van der Waals surface area contributed by atoms with Gasteiger partial charge in [-0.1, -0.05) is 53.2 Å². The van der Waals surface area contributed by atoms with Crippen molar-refractivity contribution < 1.29 is 58.5 Å². The van der Waals surface area contributed by atoms with Crippen molar-refractivity contribution in [3.8, 4) is 5.75 Å². The maximum absolute atomic E-state index is 14.2. The molecule has 3 rings (SSSR count). The number of hydrogen-bond donors (Lipinski definition) is 16. The first kappa shape index (κ1) is 64.1. The number of aliphatic imine (C=N–C) groups is 1. The minimum Gasteiger partial charge on any atom is -0.508 e. The number of nitrogens with one attached hydrogen (secondary N) is 10. The van der Waals surface area contributed by atoms with Gasteiger partial charge in [0.1, 0.15) is 48.0 Å². The van der Waals surface area contributed by atoms with Crippen LogP contribution >= 0.6 is 0 Å². The number of carbonyl (C=O) groups excluding carboxylic acids is 9. The number of H-pyrrole nitrogens is 2. The second-order valence-corrected chi connectivity index (χ2v) is 19.5. The Bertz CT molecular complexity index is 2450. The molecule has 3 aromatic rings. The average Bonchev–Trinajstić information content (AvgIpc) is 4.11. The number of aliphatic hydroxyl groups excluding tert-OH is 2. The Labute approximate surface area is 451 Å². The molecule has 0 saturated carbocycles. The minimum atomic E-state index is -1.85. The van der Waals surface area contributed by atoms with Crippen LogP contribution < -0.4 is 59.7 Å². The van der Waals surface area contributed by atoms with E-state index < -0.39 is 126 Å². The van der Waals surface area contributed by atoms with Gasteiger partial charge in [-0.15, -0.1) is 0 Å². The largest absolute Gasteiger partial charge is 0.508 e. The number of primary amides is 1. The van der Waals surface area contributed by atoms with Crippen molar-refractivity contribution >= 4 is 59.1 Å². The van der Waals surface area contributed by atoms with Crippen molar-refractivity contribution in [2.24, 2.45) is 39.9 Å². The Morgan fingerprint density at radius 1 is 0.641 bits per heavy atom. The Hall–Kier alpha value is -8.14. The smallest absolute Gasteiger partial charge is 0.245 e. The van der Waals surface area contributed by atoms with Crippen LogP contribution in [0.4, 0.5) is 0 Å². The Kier molecular flexibility index (Phi) is 26.7. The third-order valence-corrected chi connectivity index (χ3v) is 12.4. The molecule has 0 bridgehead atoms. The Morgan fingerprint density at radius 3 is 1.73 bits per heavy atom. The molecular weight excluding hydrogens is 1020 g/mol. The number of nitrogens with two attached hydrogens (primary N) is 3. The summed E-state index contributed by atoms with van der Waals surface area (Å²) < 4.78 is 0. The van der Waals surface area contributed by atoms with E-state index >= 15 is 0 Å². The van der Waals surface area contributed by atoms with E-state index in [0.29, 0.717) is 30.5 Å². The molecule has 2 heterocycles. The van der Waals surface area contributed by atoms with Gasteiger partial charge in [-0.3, -0.25) is 48.1 Å². The van der Waals surface area contributed by atoms with Crippen molar-refractivity contribution in [2.75, 3.05) is 19.7 Å². The summed E-state index contributed by atoms with van der Waals surface area (Å²) in [5.74, 6) is -9.27. The minimum absolute atomic E-state index is 0.0166. The molecule has 10 unspecified atom stereocenters. The molecule has 0 aliphatic heterocycles. The molecule has 0 radical (unpaired) electrons. The maximum Gasteiger partial charge on any atom is 0.245 e. The molecule has 1 aromatic carbocycles. The normalized spacial score (nSPS) is 15.0. The highest BCUT2D eigenvalue weighted by Crippen LogP contribution is 2.15. The van der Waals surface area contributed by atoms with Crippen molar-refractivity contribution in [1.82, 2.24) is 62.5 Å². The van der Waals surface area contributed by atoms with Crippen LogP contribution in [0.25, 0.3) is 0 Å². The van der Waals surface area contributed by atoms with E-state index in [1.165, 1.54) is 43.1 Å². The fourth-order valence-electron chi connectivity index (χ4n) is 7.95. The van der Waals surface area contributed by atoms with Gasteiger partial charge in [0.2, 0.25) is 53.2 Å². The Balaban J connectivity index is 1.87. The first-order chi connectivity index (χ1) is 36.9. The molecule has 10 atom stereocenters. The molecule has 78 heavy (non-hydrogen) atoms. The van der Waals surface area contributed by atoms with Crippen LogP contribution in [0.5, 0.6) is 5.75 Å². The van der Waals surface area contributed by atoms with Crippen LogP contribution in [0, 0.1) is 17.8 Å². The van der Waals surface area contributed by atoms with Gasteiger partial charge in [0.25, 0.3) is 0 Å². The van der Waals surface area contributed by atoms with Crippen molar-refractivity contribution in [3.63, 3.8) is 0 Å². The summed E-state index contributed by atoms with van der Waals surface area (Å²) in [5.41, 5.74) is 18.2. The number of rotatable bonds is 34. The first-order valence-electron chi connectivity index (χ1n) is 25.7. The molecule has 0 spiro atoms. The van der Waals surface area contributed by atoms with Crippen LogP contribution in [0.2, 0.25) is 0 Å². The molecule has 0 aliphatic carbocycles. The third kappa shape index (κ3) is 22.2. The molecule has 19 N–H and O–H groups in total. The maximum atomic E-state index is 14.2. The van der Waals surface area contributed by atoms with E-state index in [9.17, 15) is 58.5 Å². The van der Waals surface area contributed by atoms with E-state index in [4.69, 9.17) is 17.2 Å². The van der Waals surface area contributed by atoms with Crippen molar-refractivity contribution in [2.45, 2.75) is 141 Å². The van der Waals surface area contributed by atoms with E-state index in [2.05, 4.69) is 67.5 Å². The van der Waals surface area contributed by atoms with Gasteiger partial charge in [-0.25, -0.2) is 9.97 Å². The number of phenolic OH excluding ortho intramolecular Hbond substituents is 1. The summed E-state index contributed by atoms with van der Waals surface area (Å²) in [4.78, 5) is 141. The summed E-state index contributed by atoms with van der Waals surface area (Å²) >= 11 is 0. The number of amides is 9. The first-order valence-corrected chi connectivity index (χ1v) is 25.7. The second kappa shape index (κ2) is 32.4. The fraction of sp³-hybridized carbons (Fsp3) is 0.560. The van der Waals surface area contributed by atoms with Gasteiger partial charge in [0, 0.05) is 62.1 Å². The van der Waals surface area contributed by atoms with E-state index in [1.54, 1.807) is 20.0 Å². The lowest BCUT2D eigenvalue weighted by atomic mass is 9.97. The van der Waals surface area contributed by atoms with Gasteiger partial charge < -0.3 is 85.0 Å². The number of aliphatic hydroxyl groups is 2. The summed E-state index contributed by atoms with van der Waals surface area (Å²) in [6, 6.07) is -5.08. The molecule has 0 saturated heterocycles. The quantitative estimate of drug-likeness (QED) is 0.0156. The summed E-state index contributed by atoms with van der Waals surface area (Å²) in [7, 11) is 0. The number of benzene rings is 1. The van der Waals surface area contributed by atoms with Crippen LogP contribution in [-0.4, -0.2) is 162 Å². The molecular formula is C50H78N16O12. The SMILES string of the molecule is CCC(C)C(NC(=O)C(Cc1ccc(O)cc1)NC(=O)C(CC(N)=O)NC(=O)C(CCCN=C(N)N)NC(=O)C(NC(=O)C(CO)NC(=O)C(Cc1cnc[nH]1)NC(=O)C(C)CC(C)C)C(C)O)C(=O)NCCc1cnc[nH]1. The lowest BCUT2D eigenvalue weighted by Gasteiger charge is -2.29. The number of aromatic hydroxyl groups is 1. The van der Waals surface area contributed by atoms with Gasteiger partial charge in [0.05, 0.1) is 31.8 Å². The lowest BCUT2D eigenvalue weighted by Crippen LogP contribution is -2.62. The van der Waals surface area contributed by atoms with E-state index in [-0.39, 0.29) is 56.4 Å². The van der Waals surface area contributed by atoms with Crippen molar-refractivity contribution in [1.29, 1.82) is 0 Å². The highest BCUT2D eigenvalue weighted by Gasteiger charge is 2.37. The molecule has 0 aliphatic rings. The summed E-state index contributed by atoms with van der Waals surface area (Å²) in [6.07, 6.45) is 4.28. The second-order valence-electron chi connectivity index (χ2n) is 19.5. The highest BCUT2D eigenvalue weighted by molar-refractivity contribution is 5.99. The number of phenols is 1. The number of imidazole rings is 2. The van der Waals surface area contributed by atoms with Gasteiger partial charge >= 0.3 is 0 Å². The molecule has 430 valence electrons. The predicted octanol–water partition coefficient (Wildman–Crippen LogP) is -3.59. The van der Waals surface area contributed by atoms with E-state index in [1.807, 2.05) is 20.8 Å². The van der Waals surface area contributed by atoms with Gasteiger partial charge in [-0.05, 0) is 55.7 Å². The zero-order chi connectivity index (χ0) is 58.1. The molecule has 0 fully saturated rings. The van der Waals surface area contributed by atoms with Crippen LogP contribution in [0.3, 0.4) is 0 Å². The number of aromatic amines is 2. The molecule has 2 aromatic heterocycles. The van der Waals surface area contributed by atoms with Crippen LogP contribution in [-0.2, 0) is 62.4 Å². The van der Waals surface area contributed by atoms with Gasteiger partial charge in [0.15, 0.2) is 5.96 Å². The average molecular weight is 1100 g/mol. The number of aromatic nitrogens is 4. The summed E-state index contributed by atoms with van der Waals surface area (Å²) in [6.45, 7) is 9.41. The fourth-order valence-corrected chi connectivity index (χ4v) is 7.95. The molecule has 28 heteroatoms. The molecule has 9 amide bonds. The third-order valence-electron chi connectivity index (χ3n) is 12.4. The van der Waals surface area contributed by atoms with E-state index in [0.717, 1.165) is 12.6 Å². The van der Waals surface area contributed by atoms with Crippen molar-refractivity contribution in [3.05, 3.63) is 66.3 Å². The predicted molar refractivity (Wildman–Crippen MR) is 283 cm³/mol. The number of carbonyl (C=O) groups is 9. The van der Waals surface area contributed by atoms with Crippen LogP contribution in [0.1, 0.15) is 90.6 Å². The number of nitrogens with zero attached hydrogens (tertiary/aromatic N) is 3. The number of guanidine groups is 1. The lowest BCUT2D eigenvalue weighted by molar-refractivity contribution is -0.138.